The first-order valence-corrected chi connectivity index (χ1v) is 12.0. The number of hydrogen-bond donors (Lipinski definition) is 3. The van der Waals surface area contributed by atoms with Gasteiger partial charge in [0.1, 0.15) is 17.3 Å². The molecule has 0 fully saturated rings. The summed E-state index contributed by atoms with van der Waals surface area (Å²) in [6, 6.07) is 11.1. The smallest absolute Gasteiger partial charge is 0.167 e. The lowest BCUT2D eigenvalue weighted by molar-refractivity contribution is -0.130. The Morgan fingerprint density at radius 1 is 1.11 bits per heavy atom. The van der Waals surface area contributed by atoms with Gasteiger partial charge in [-0.3, -0.25) is 14.4 Å². The maximum Gasteiger partial charge on any atom is 0.167 e. The maximum absolute atomic E-state index is 13.1. The Kier molecular flexibility index (Phi) is 12.0. The number of aliphatic hydroxyl groups is 2. The molecule has 8 nitrogen and oxygen atoms in total. The summed E-state index contributed by atoms with van der Waals surface area (Å²) in [5, 5.41) is 30.2. The van der Waals surface area contributed by atoms with Crippen molar-refractivity contribution in [1.82, 2.24) is 0 Å². The summed E-state index contributed by atoms with van der Waals surface area (Å²) in [7, 11) is 0. The zero-order chi connectivity index (χ0) is 25.7. The molecule has 2 aromatic carbocycles. The Hall–Kier alpha value is -3.17. The first-order valence-electron chi connectivity index (χ1n) is 12.0. The van der Waals surface area contributed by atoms with E-state index in [2.05, 4.69) is 6.07 Å². The third-order valence-corrected chi connectivity index (χ3v) is 7.05. The van der Waals surface area contributed by atoms with Crippen molar-refractivity contribution in [1.29, 1.82) is 0 Å². The number of benzene rings is 2. The molecule has 0 heterocycles. The van der Waals surface area contributed by atoms with E-state index in [0.717, 1.165) is 16.7 Å². The second-order valence-electron chi connectivity index (χ2n) is 9.61. The van der Waals surface area contributed by atoms with E-state index in [9.17, 15) is 29.7 Å². The number of allylic oxidation sites excluding steroid dienone is 1. The molecule has 0 saturated heterocycles. The quantitative estimate of drug-likeness (QED) is 0.407. The molecule has 3 atom stereocenters. The van der Waals surface area contributed by atoms with Crippen LogP contribution in [0.2, 0.25) is 0 Å². The van der Waals surface area contributed by atoms with Crippen LogP contribution in [0.3, 0.4) is 0 Å². The lowest BCUT2D eigenvalue weighted by Gasteiger charge is -2.33. The molecule has 0 radical (unpaired) electrons. The summed E-state index contributed by atoms with van der Waals surface area (Å²) in [4.78, 5) is 37.3. The number of carbonyl (C=O) groups excluding carboxylic acids is 3. The van der Waals surface area contributed by atoms with E-state index >= 15 is 0 Å². The number of aromatic hydroxyl groups is 1. The highest BCUT2D eigenvalue weighted by molar-refractivity contribution is 6.08. The Balaban J connectivity index is 0. The van der Waals surface area contributed by atoms with Crippen LogP contribution in [0.4, 0.5) is 0 Å². The molecule has 7 N–H and O–H groups in total. The van der Waals surface area contributed by atoms with Crippen molar-refractivity contribution in [3.8, 4) is 5.75 Å². The second-order valence-corrected chi connectivity index (χ2v) is 9.61. The van der Waals surface area contributed by atoms with E-state index in [1.807, 2.05) is 38.1 Å². The second kappa shape index (κ2) is 13.9. The number of fused-ring (bicyclic) bond motifs is 1. The minimum absolute atomic E-state index is 0. The van der Waals surface area contributed by atoms with E-state index < -0.39 is 18.4 Å². The van der Waals surface area contributed by atoms with Crippen molar-refractivity contribution in [3.05, 3.63) is 64.2 Å². The van der Waals surface area contributed by atoms with Gasteiger partial charge in [0, 0.05) is 21.8 Å². The number of ketones is 3. The SMILES string of the molecule is CC(=O)CC(=O)C(CO)C(CCO)CC1CC(=O)c2c(O)cccc2C1=Cc1ccc(C)c(C)c1.O.O.[HH].[HH]. The zero-order valence-corrected chi connectivity index (χ0v) is 21.6. The fourth-order valence-corrected chi connectivity index (χ4v) is 5.07. The highest BCUT2D eigenvalue weighted by atomic mass is 16.3. The molecule has 8 heteroatoms. The summed E-state index contributed by atoms with van der Waals surface area (Å²) in [6.45, 7) is 4.80. The minimum atomic E-state index is -0.797. The van der Waals surface area contributed by atoms with Gasteiger partial charge in [-0.1, -0.05) is 36.4 Å². The lowest BCUT2D eigenvalue weighted by Crippen LogP contribution is -2.32. The van der Waals surface area contributed by atoms with Gasteiger partial charge in [-0.2, -0.15) is 0 Å². The molecule has 0 aromatic heterocycles. The Morgan fingerprint density at radius 3 is 2.41 bits per heavy atom. The van der Waals surface area contributed by atoms with Crippen LogP contribution in [0.25, 0.3) is 11.6 Å². The zero-order valence-electron chi connectivity index (χ0n) is 21.6. The van der Waals surface area contributed by atoms with Crippen molar-refractivity contribution in [2.75, 3.05) is 13.2 Å². The predicted octanol–water partition coefficient (Wildman–Crippen LogP) is 3.14. The van der Waals surface area contributed by atoms with Gasteiger partial charge in [0.15, 0.2) is 5.78 Å². The minimum Gasteiger partial charge on any atom is -0.507 e. The van der Waals surface area contributed by atoms with E-state index in [1.54, 1.807) is 6.07 Å². The number of aryl methyl sites for hydroxylation is 2. The van der Waals surface area contributed by atoms with Crippen molar-refractivity contribution in [2.24, 2.45) is 17.8 Å². The molecular formula is C29H42O8. The predicted molar refractivity (Wildman–Crippen MR) is 146 cm³/mol. The van der Waals surface area contributed by atoms with Gasteiger partial charge in [0.2, 0.25) is 0 Å². The number of aliphatic hydroxyl groups excluding tert-OH is 2. The third-order valence-electron chi connectivity index (χ3n) is 7.05. The highest BCUT2D eigenvalue weighted by Crippen LogP contribution is 2.44. The van der Waals surface area contributed by atoms with Gasteiger partial charge in [-0.15, -0.1) is 0 Å². The molecule has 0 amide bonds. The molecule has 0 aliphatic heterocycles. The summed E-state index contributed by atoms with van der Waals surface area (Å²) in [6.07, 6.45) is 2.54. The van der Waals surface area contributed by atoms with Crippen LogP contribution in [0.1, 0.15) is 68.1 Å². The van der Waals surface area contributed by atoms with Crippen molar-refractivity contribution < 1.29 is 43.5 Å². The van der Waals surface area contributed by atoms with E-state index in [1.165, 1.54) is 18.6 Å². The molecule has 1 aliphatic rings. The topological polar surface area (TPSA) is 175 Å². The first-order chi connectivity index (χ1) is 16.7. The van der Waals surface area contributed by atoms with Crippen LogP contribution in [0, 0.1) is 31.6 Å². The van der Waals surface area contributed by atoms with Crippen molar-refractivity contribution in [3.63, 3.8) is 0 Å². The Bertz CT molecular complexity index is 1160. The normalized spacial score (nSPS) is 17.3. The fourth-order valence-electron chi connectivity index (χ4n) is 5.07. The largest absolute Gasteiger partial charge is 0.507 e. The van der Waals surface area contributed by atoms with Crippen LogP contribution in [0.15, 0.2) is 36.4 Å². The first kappa shape index (κ1) is 31.9. The monoisotopic (exact) mass is 518 g/mol. The van der Waals surface area contributed by atoms with Crippen LogP contribution >= 0.6 is 0 Å². The van der Waals surface area contributed by atoms with Crippen molar-refractivity contribution in [2.45, 2.75) is 46.5 Å². The van der Waals surface area contributed by atoms with E-state index in [4.69, 9.17) is 0 Å². The molecule has 37 heavy (non-hydrogen) atoms. The molecule has 206 valence electrons. The van der Waals surface area contributed by atoms with E-state index in [-0.39, 0.29) is 68.7 Å². The average Bonchev–Trinajstić information content (AvgIpc) is 2.78. The van der Waals surface area contributed by atoms with Gasteiger partial charge >= 0.3 is 0 Å². The number of carbonyl (C=O) groups is 3. The molecule has 3 rings (SSSR count). The summed E-state index contributed by atoms with van der Waals surface area (Å²) < 4.78 is 0. The molecule has 1 aliphatic carbocycles. The van der Waals surface area contributed by atoms with Crippen LogP contribution in [-0.2, 0) is 9.59 Å². The van der Waals surface area contributed by atoms with Gasteiger partial charge in [-0.05, 0) is 79.3 Å². The standard InChI is InChI=1S/C29H34O6.2H2O.2H2/c1-17-7-8-20(11-18(17)2)13-24-22(15-28(35)29-23(24)5-4-6-26(29)33)14-21(9-10-30)25(16-31)27(34)12-19(3)32;;;;/h4-8,11,13,21-22,25,30-31,33H,9-10,12,14-16H2,1-3H3;2*1H2;2*1H. The number of phenols is 1. The van der Waals surface area contributed by atoms with Crippen LogP contribution in [-0.4, -0.2) is 56.8 Å². The lowest BCUT2D eigenvalue weighted by atomic mass is 9.71. The van der Waals surface area contributed by atoms with Gasteiger partial charge < -0.3 is 26.3 Å². The van der Waals surface area contributed by atoms with Crippen LogP contribution in [0.5, 0.6) is 5.75 Å². The third kappa shape index (κ3) is 7.42. The summed E-state index contributed by atoms with van der Waals surface area (Å²) in [5.41, 5.74) is 5.08. The van der Waals surface area contributed by atoms with Gasteiger partial charge in [0.05, 0.1) is 18.6 Å². The maximum atomic E-state index is 13.1. The highest BCUT2D eigenvalue weighted by Gasteiger charge is 2.36. The van der Waals surface area contributed by atoms with Crippen molar-refractivity contribution >= 4 is 29.0 Å². The number of rotatable bonds is 10. The van der Waals surface area contributed by atoms with E-state index in [0.29, 0.717) is 17.5 Å². The Morgan fingerprint density at radius 2 is 1.81 bits per heavy atom. The average molecular weight is 519 g/mol. The summed E-state index contributed by atoms with van der Waals surface area (Å²) >= 11 is 0. The van der Waals surface area contributed by atoms with Gasteiger partial charge in [-0.25, -0.2) is 0 Å². The van der Waals surface area contributed by atoms with Gasteiger partial charge in [0.25, 0.3) is 0 Å². The van der Waals surface area contributed by atoms with Crippen LogP contribution < -0.4 is 0 Å². The Labute approximate surface area is 220 Å². The molecule has 0 saturated carbocycles. The fraction of sp³-hybridized carbons (Fsp3) is 0.414. The molecule has 0 bridgehead atoms. The number of hydrogen-bond acceptors (Lipinski definition) is 6. The summed E-state index contributed by atoms with van der Waals surface area (Å²) in [5.74, 6) is -2.35. The molecule has 0 spiro atoms. The number of Topliss-reactive ketones (excluding diaryl/α,β-unsaturated/α-hetero) is 3. The molecule has 3 unspecified atom stereocenters. The number of phenolic OH excluding ortho intramolecular Hbond substituents is 1. The molecule has 2 aromatic rings. The molecular weight excluding hydrogens is 476 g/mol.